The van der Waals surface area contributed by atoms with Crippen LogP contribution in [-0.4, -0.2) is 18.2 Å². The third-order valence-electron chi connectivity index (χ3n) is 2.93. The van der Waals surface area contributed by atoms with Gasteiger partial charge in [-0.1, -0.05) is 11.6 Å². The van der Waals surface area contributed by atoms with Gasteiger partial charge in [0.2, 0.25) is 0 Å². The van der Waals surface area contributed by atoms with Crippen molar-refractivity contribution in [1.82, 2.24) is 5.43 Å². The van der Waals surface area contributed by atoms with Gasteiger partial charge in [0.1, 0.15) is 5.75 Å². The lowest BCUT2D eigenvalue weighted by molar-refractivity contribution is -0.0498. The molecule has 2 aromatic rings. The highest BCUT2D eigenvalue weighted by Gasteiger charge is 2.06. The SMILES string of the molecule is CC(=NNC(=O)c1ccc(Cl)cc1)c1ccc(OC(F)F)cc1. The van der Waals surface area contributed by atoms with Crippen molar-refractivity contribution in [3.63, 3.8) is 0 Å². The van der Waals surface area contributed by atoms with Crippen molar-refractivity contribution >= 4 is 23.2 Å². The Morgan fingerprint density at radius 2 is 1.65 bits per heavy atom. The van der Waals surface area contributed by atoms with Crippen LogP contribution in [0.1, 0.15) is 22.8 Å². The number of halogens is 3. The molecule has 23 heavy (non-hydrogen) atoms. The number of ether oxygens (including phenoxy) is 1. The predicted molar refractivity (Wildman–Crippen MR) is 84.2 cm³/mol. The summed E-state index contributed by atoms with van der Waals surface area (Å²) in [6, 6.07) is 12.3. The van der Waals surface area contributed by atoms with Crippen molar-refractivity contribution in [2.24, 2.45) is 5.10 Å². The van der Waals surface area contributed by atoms with E-state index in [4.69, 9.17) is 11.6 Å². The summed E-state index contributed by atoms with van der Waals surface area (Å²) < 4.78 is 28.4. The van der Waals surface area contributed by atoms with Crippen molar-refractivity contribution in [3.8, 4) is 5.75 Å². The summed E-state index contributed by atoms with van der Waals surface area (Å²) in [6.07, 6.45) is 0. The van der Waals surface area contributed by atoms with Crippen LogP contribution in [0.4, 0.5) is 8.78 Å². The second-order valence-corrected chi connectivity index (χ2v) is 4.98. The van der Waals surface area contributed by atoms with Crippen molar-refractivity contribution in [2.75, 3.05) is 0 Å². The van der Waals surface area contributed by atoms with E-state index in [9.17, 15) is 13.6 Å². The summed E-state index contributed by atoms with van der Waals surface area (Å²) in [4.78, 5) is 11.9. The normalized spacial score (nSPS) is 11.4. The fraction of sp³-hybridized carbons (Fsp3) is 0.125. The van der Waals surface area contributed by atoms with Crippen LogP contribution in [0.5, 0.6) is 5.75 Å². The summed E-state index contributed by atoms with van der Waals surface area (Å²) in [7, 11) is 0. The minimum atomic E-state index is -2.87. The zero-order valence-corrected chi connectivity index (χ0v) is 12.8. The molecule has 0 fully saturated rings. The molecular weight excluding hydrogens is 326 g/mol. The number of hydrogen-bond donors (Lipinski definition) is 1. The number of hydrazone groups is 1. The van der Waals surface area contributed by atoms with E-state index in [1.54, 1.807) is 43.3 Å². The number of amides is 1. The molecule has 2 aromatic carbocycles. The van der Waals surface area contributed by atoms with Crippen LogP contribution in [0.3, 0.4) is 0 Å². The molecule has 0 aliphatic carbocycles. The minimum absolute atomic E-state index is 0.0572. The first-order chi connectivity index (χ1) is 11.0. The van der Waals surface area contributed by atoms with E-state index < -0.39 is 6.61 Å². The average Bonchev–Trinajstić information content (AvgIpc) is 2.53. The number of alkyl halides is 2. The van der Waals surface area contributed by atoms with Crippen LogP contribution in [0.2, 0.25) is 5.02 Å². The number of nitrogens with zero attached hydrogens (tertiary/aromatic N) is 1. The Hall–Kier alpha value is -2.47. The monoisotopic (exact) mass is 338 g/mol. The third kappa shape index (κ3) is 5.03. The summed E-state index contributed by atoms with van der Waals surface area (Å²) in [5.74, 6) is -0.319. The summed E-state index contributed by atoms with van der Waals surface area (Å²) in [5, 5.41) is 4.51. The van der Waals surface area contributed by atoms with E-state index in [0.717, 1.165) is 0 Å². The maximum absolute atomic E-state index is 12.1. The summed E-state index contributed by atoms with van der Waals surface area (Å²) in [5.41, 5.74) is 4.03. The molecule has 7 heteroatoms. The van der Waals surface area contributed by atoms with Crippen LogP contribution < -0.4 is 10.2 Å². The molecule has 0 aliphatic rings. The number of nitrogens with one attached hydrogen (secondary N) is 1. The second-order valence-electron chi connectivity index (χ2n) is 4.55. The van der Waals surface area contributed by atoms with Crippen LogP contribution in [0, 0.1) is 0 Å². The van der Waals surface area contributed by atoms with Gasteiger partial charge >= 0.3 is 6.61 Å². The van der Waals surface area contributed by atoms with Gasteiger partial charge in [0.05, 0.1) is 5.71 Å². The Balaban J connectivity index is 2.01. The van der Waals surface area contributed by atoms with Gasteiger partial charge in [-0.2, -0.15) is 13.9 Å². The highest BCUT2D eigenvalue weighted by atomic mass is 35.5. The van der Waals surface area contributed by atoms with Crippen LogP contribution >= 0.6 is 11.6 Å². The predicted octanol–water partition coefficient (Wildman–Crippen LogP) is 4.10. The Morgan fingerprint density at radius 3 is 2.22 bits per heavy atom. The Labute approximate surface area is 136 Å². The molecule has 0 bridgehead atoms. The molecule has 0 saturated heterocycles. The van der Waals surface area contributed by atoms with Crippen molar-refractivity contribution < 1.29 is 18.3 Å². The van der Waals surface area contributed by atoms with Crippen LogP contribution in [-0.2, 0) is 0 Å². The number of hydrogen-bond acceptors (Lipinski definition) is 3. The van der Waals surface area contributed by atoms with Crippen molar-refractivity contribution in [1.29, 1.82) is 0 Å². The largest absolute Gasteiger partial charge is 0.435 e. The average molecular weight is 339 g/mol. The van der Waals surface area contributed by atoms with E-state index in [1.807, 2.05) is 0 Å². The molecule has 1 amide bonds. The molecule has 2 rings (SSSR count). The first-order valence-corrected chi connectivity index (χ1v) is 6.99. The molecule has 1 N–H and O–H groups in total. The third-order valence-corrected chi connectivity index (χ3v) is 3.18. The van der Waals surface area contributed by atoms with E-state index in [2.05, 4.69) is 15.3 Å². The molecule has 0 atom stereocenters. The van der Waals surface area contributed by atoms with Gasteiger partial charge in [-0.05, 0) is 61.0 Å². The van der Waals surface area contributed by atoms with E-state index in [-0.39, 0.29) is 11.7 Å². The maximum atomic E-state index is 12.1. The zero-order chi connectivity index (χ0) is 16.8. The van der Waals surface area contributed by atoms with Crippen molar-refractivity contribution in [2.45, 2.75) is 13.5 Å². The molecule has 0 spiro atoms. The van der Waals surface area contributed by atoms with E-state index in [1.165, 1.54) is 12.1 Å². The van der Waals surface area contributed by atoms with E-state index in [0.29, 0.717) is 21.9 Å². The van der Waals surface area contributed by atoms with Gasteiger partial charge in [0.15, 0.2) is 0 Å². The highest BCUT2D eigenvalue weighted by molar-refractivity contribution is 6.30. The maximum Gasteiger partial charge on any atom is 0.387 e. The highest BCUT2D eigenvalue weighted by Crippen LogP contribution is 2.15. The minimum Gasteiger partial charge on any atom is -0.435 e. The molecule has 0 heterocycles. The number of carbonyl (C=O) groups excluding carboxylic acids is 1. The summed E-state index contributed by atoms with van der Waals surface area (Å²) in [6.45, 7) is -1.18. The Morgan fingerprint density at radius 1 is 1.09 bits per heavy atom. The molecule has 0 saturated carbocycles. The molecule has 120 valence electrons. The molecule has 0 aromatic heterocycles. The zero-order valence-electron chi connectivity index (χ0n) is 12.1. The lowest BCUT2D eigenvalue weighted by Crippen LogP contribution is -2.19. The molecular formula is C16H13ClF2N2O2. The lowest BCUT2D eigenvalue weighted by atomic mass is 10.1. The Bertz CT molecular complexity index is 701. The quantitative estimate of drug-likeness (QED) is 0.659. The standard InChI is InChI=1S/C16H13ClF2N2O2/c1-10(11-4-8-14(9-5-11)23-16(18)19)20-21-15(22)12-2-6-13(17)7-3-12/h2-9,16H,1H3,(H,21,22). The van der Waals surface area contributed by atoms with E-state index >= 15 is 0 Å². The van der Waals surface area contributed by atoms with Crippen LogP contribution in [0.15, 0.2) is 53.6 Å². The van der Waals surface area contributed by atoms with Crippen molar-refractivity contribution in [3.05, 3.63) is 64.7 Å². The smallest absolute Gasteiger partial charge is 0.387 e. The van der Waals surface area contributed by atoms with Gasteiger partial charge < -0.3 is 4.74 Å². The molecule has 4 nitrogen and oxygen atoms in total. The summed E-state index contributed by atoms with van der Waals surface area (Å²) >= 11 is 5.75. The number of benzene rings is 2. The second kappa shape index (κ2) is 7.69. The topological polar surface area (TPSA) is 50.7 Å². The van der Waals surface area contributed by atoms with Gasteiger partial charge in [-0.25, -0.2) is 5.43 Å². The fourth-order valence-electron chi connectivity index (χ4n) is 1.74. The first kappa shape index (κ1) is 16.9. The fourth-order valence-corrected chi connectivity index (χ4v) is 1.87. The Kier molecular flexibility index (Phi) is 5.65. The van der Waals surface area contributed by atoms with Gasteiger partial charge in [0, 0.05) is 10.6 Å². The lowest BCUT2D eigenvalue weighted by Gasteiger charge is -2.06. The van der Waals surface area contributed by atoms with Gasteiger partial charge in [-0.3, -0.25) is 4.79 Å². The number of rotatable bonds is 5. The molecule has 0 aliphatic heterocycles. The first-order valence-electron chi connectivity index (χ1n) is 6.61. The van der Waals surface area contributed by atoms with Gasteiger partial charge in [-0.15, -0.1) is 0 Å². The molecule has 0 unspecified atom stereocenters. The molecule has 0 radical (unpaired) electrons. The van der Waals surface area contributed by atoms with Crippen LogP contribution in [0.25, 0.3) is 0 Å². The number of carbonyl (C=O) groups is 1. The van der Waals surface area contributed by atoms with Gasteiger partial charge in [0.25, 0.3) is 5.91 Å².